The lowest BCUT2D eigenvalue weighted by Gasteiger charge is -2.24. The summed E-state index contributed by atoms with van der Waals surface area (Å²) in [4.78, 5) is 23.1. The second-order valence-electron chi connectivity index (χ2n) is 4.24. The lowest BCUT2D eigenvalue weighted by Crippen LogP contribution is -2.32. The summed E-state index contributed by atoms with van der Waals surface area (Å²) in [5.74, 6) is 1.29. The van der Waals surface area contributed by atoms with Crippen LogP contribution in [0.15, 0.2) is 0 Å². The fraction of sp³-hybridized carbons (Fsp3) is 0.778. The number of ketones is 2. The van der Waals surface area contributed by atoms with E-state index in [4.69, 9.17) is 0 Å². The maximum atomic E-state index is 11.6. The van der Waals surface area contributed by atoms with E-state index in [0.717, 1.165) is 12.8 Å². The molecule has 3 aliphatic carbocycles. The first-order chi connectivity index (χ1) is 5.63. The Kier molecular flexibility index (Phi) is 1.21. The van der Waals surface area contributed by atoms with Crippen LogP contribution in [-0.2, 0) is 9.59 Å². The predicted octanol–water partition coefficient (Wildman–Crippen LogP) is 1.36. The molecule has 0 aliphatic heterocycles. The molecule has 0 spiro atoms. The SMILES string of the molecule is O=C1CC2C(=O)[C@@H]3CC1C2(I)C3. The molecule has 0 aromatic rings. The lowest BCUT2D eigenvalue weighted by molar-refractivity contribution is -0.125. The number of carbonyl (C=O) groups is 2. The molecule has 3 heteroatoms. The average Bonchev–Trinajstić information content (AvgIpc) is 2.49. The first kappa shape index (κ1) is 7.47. The van der Waals surface area contributed by atoms with Crippen molar-refractivity contribution in [1.29, 1.82) is 0 Å². The van der Waals surface area contributed by atoms with Gasteiger partial charge < -0.3 is 0 Å². The van der Waals surface area contributed by atoms with Gasteiger partial charge in [-0.25, -0.2) is 0 Å². The molecule has 0 saturated heterocycles. The molecule has 3 rings (SSSR count). The van der Waals surface area contributed by atoms with Gasteiger partial charge >= 0.3 is 0 Å². The molecule has 64 valence electrons. The molecule has 12 heavy (non-hydrogen) atoms. The quantitative estimate of drug-likeness (QED) is 0.494. The molecule has 3 fully saturated rings. The molecule has 0 N–H and O–H groups in total. The summed E-state index contributed by atoms with van der Waals surface area (Å²) in [7, 11) is 0. The van der Waals surface area contributed by atoms with Gasteiger partial charge in [0.05, 0.1) is 0 Å². The van der Waals surface area contributed by atoms with Crippen LogP contribution in [0.25, 0.3) is 0 Å². The van der Waals surface area contributed by atoms with Gasteiger partial charge in [-0.2, -0.15) is 0 Å². The third-order valence-electron chi connectivity index (χ3n) is 3.78. The number of rotatable bonds is 0. The van der Waals surface area contributed by atoms with Crippen molar-refractivity contribution in [3.05, 3.63) is 0 Å². The summed E-state index contributed by atoms with van der Waals surface area (Å²) in [6, 6.07) is 0. The molecule has 2 bridgehead atoms. The standard InChI is InChI=1S/C9H9IO2/c10-9-3-4-1-5(9)7(11)2-6(9)8(4)12/h4-6H,1-3H2/t4-,5?,6?,9?/m1/s1. The number of fused-ring (bicyclic) bond motifs is 1. The Labute approximate surface area is 84.2 Å². The van der Waals surface area contributed by atoms with E-state index in [2.05, 4.69) is 22.6 Å². The fourth-order valence-corrected chi connectivity index (χ4v) is 4.88. The number of hydrogen-bond donors (Lipinski definition) is 0. The monoisotopic (exact) mass is 276 g/mol. The molecular weight excluding hydrogens is 267 g/mol. The minimum absolute atomic E-state index is 0.0522. The number of alkyl halides is 1. The summed E-state index contributed by atoms with van der Waals surface area (Å²) in [6.45, 7) is 0. The summed E-state index contributed by atoms with van der Waals surface area (Å²) in [5.41, 5.74) is 0. The van der Waals surface area contributed by atoms with Crippen LogP contribution in [0.2, 0.25) is 0 Å². The predicted molar refractivity (Wildman–Crippen MR) is 51.1 cm³/mol. The molecule has 3 unspecified atom stereocenters. The molecule has 3 saturated carbocycles. The highest BCUT2D eigenvalue weighted by Crippen LogP contribution is 2.63. The molecule has 4 atom stereocenters. The highest BCUT2D eigenvalue weighted by Gasteiger charge is 2.67. The first-order valence-electron chi connectivity index (χ1n) is 4.38. The van der Waals surface area contributed by atoms with Crippen LogP contribution in [0, 0.1) is 17.8 Å². The Balaban J connectivity index is 2.17. The van der Waals surface area contributed by atoms with Gasteiger partial charge in [-0.15, -0.1) is 0 Å². The van der Waals surface area contributed by atoms with Gasteiger partial charge in [-0.05, 0) is 12.8 Å². The van der Waals surface area contributed by atoms with Gasteiger partial charge in [-0.3, -0.25) is 9.59 Å². The minimum Gasteiger partial charge on any atom is -0.299 e. The highest BCUT2D eigenvalue weighted by atomic mass is 127. The maximum Gasteiger partial charge on any atom is 0.140 e. The Bertz CT molecular complexity index is 299. The Morgan fingerprint density at radius 3 is 2.67 bits per heavy atom. The summed E-state index contributed by atoms with van der Waals surface area (Å²) < 4.78 is 0.0522. The van der Waals surface area contributed by atoms with Crippen molar-refractivity contribution < 1.29 is 9.59 Å². The van der Waals surface area contributed by atoms with Crippen LogP contribution < -0.4 is 0 Å². The molecule has 0 amide bonds. The number of Topliss-reactive ketones (excluding diaryl/α,β-unsaturated/α-hetero) is 2. The van der Waals surface area contributed by atoms with Gasteiger partial charge in [0.25, 0.3) is 0 Å². The highest BCUT2D eigenvalue weighted by molar-refractivity contribution is 14.1. The van der Waals surface area contributed by atoms with Gasteiger partial charge in [-0.1, -0.05) is 22.6 Å². The van der Waals surface area contributed by atoms with Crippen molar-refractivity contribution in [3.8, 4) is 0 Å². The normalized spacial score (nSPS) is 55.6. The minimum atomic E-state index is 0.0522. The van der Waals surface area contributed by atoms with E-state index >= 15 is 0 Å². The molecule has 3 aliphatic rings. The zero-order valence-corrected chi connectivity index (χ0v) is 8.71. The van der Waals surface area contributed by atoms with Crippen LogP contribution in [0.5, 0.6) is 0 Å². The Morgan fingerprint density at radius 2 is 2.08 bits per heavy atom. The van der Waals surface area contributed by atoms with Gasteiger partial charge in [0, 0.05) is 27.6 Å². The largest absolute Gasteiger partial charge is 0.299 e. The molecule has 2 nitrogen and oxygen atoms in total. The number of halogens is 1. The van der Waals surface area contributed by atoms with Crippen molar-refractivity contribution in [2.24, 2.45) is 17.8 Å². The molecule has 0 heterocycles. The third-order valence-corrected chi connectivity index (χ3v) is 5.72. The van der Waals surface area contributed by atoms with E-state index in [1.54, 1.807) is 0 Å². The van der Waals surface area contributed by atoms with Crippen LogP contribution in [0.4, 0.5) is 0 Å². The van der Waals surface area contributed by atoms with Crippen LogP contribution in [0.1, 0.15) is 19.3 Å². The number of hydrogen-bond acceptors (Lipinski definition) is 2. The van der Waals surface area contributed by atoms with Crippen molar-refractivity contribution in [2.45, 2.75) is 22.7 Å². The van der Waals surface area contributed by atoms with Gasteiger partial charge in [0.2, 0.25) is 0 Å². The van der Waals surface area contributed by atoms with Crippen molar-refractivity contribution in [1.82, 2.24) is 0 Å². The summed E-state index contributed by atoms with van der Waals surface area (Å²) in [5, 5.41) is 0. The Morgan fingerprint density at radius 1 is 1.33 bits per heavy atom. The van der Waals surface area contributed by atoms with Crippen molar-refractivity contribution >= 4 is 34.2 Å². The van der Waals surface area contributed by atoms with E-state index in [-0.39, 0.29) is 21.2 Å². The smallest absolute Gasteiger partial charge is 0.140 e. The zero-order valence-electron chi connectivity index (χ0n) is 6.55. The molecule has 0 aromatic heterocycles. The van der Waals surface area contributed by atoms with Crippen molar-refractivity contribution in [2.75, 3.05) is 0 Å². The molecule has 0 aromatic carbocycles. The zero-order chi connectivity index (χ0) is 8.51. The van der Waals surface area contributed by atoms with E-state index in [9.17, 15) is 9.59 Å². The summed E-state index contributed by atoms with van der Waals surface area (Å²) in [6.07, 6.45) is 2.38. The summed E-state index contributed by atoms with van der Waals surface area (Å²) >= 11 is 2.37. The van der Waals surface area contributed by atoms with Crippen LogP contribution >= 0.6 is 22.6 Å². The van der Waals surface area contributed by atoms with E-state index in [1.807, 2.05) is 0 Å². The molecule has 0 radical (unpaired) electrons. The average molecular weight is 276 g/mol. The number of carbonyl (C=O) groups excluding carboxylic acids is 2. The van der Waals surface area contributed by atoms with E-state index in [1.165, 1.54) is 0 Å². The van der Waals surface area contributed by atoms with Crippen LogP contribution in [-0.4, -0.2) is 15.0 Å². The van der Waals surface area contributed by atoms with E-state index < -0.39 is 0 Å². The van der Waals surface area contributed by atoms with Crippen molar-refractivity contribution in [3.63, 3.8) is 0 Å². The third kappa shape index (κ3) is 0.603. The topological polar surface area (TPSA) is 34.1 Å². The van der Waals surface area contributed by atoms with Gasteiger partial charge in [0.1, 0.15) is 11.6 Å². The van der Waals surface area contributed by atoms with Gasteiger partial charge in [0.15, 0.2) is 0 Å². The van der Waals surface area contributed by atoms with Crippen LogP contribution in [0.3, 0.4) is 0 Å². The second-order valence-corrected chi connectivity index (χ2v) is 6.25. The molecular formula is C9H9IO2. The lowest BCUT2D eigenvalue weighted by atomic mass is 9.88. The Hall–Kier alpha value is 0.0700. The second kappa shape index (κ2) is 1.94. The first-order valence-corrected chi connectivity index (χ1v) is 5.46. The maximum absolute atomic E-state index is 11.6. The van der Waals surface area contributed by atoms with E-state index in [0.29, 0.717) is 18.0 Å². The fourth-order valence-electron chi connectivity index (χ4n) is 3.22.